The number of aromatic nitrogens is 1. The zero-order chi connectivity index (χ0) is 39.7. The molecule has 1 amide bonds. The minimum atomic E-state index is -1.57. The lowest BCUT2D eigenvalue weighted by molar-refractivity contribution is -0.279. The predicted molar refractivity (Wildman–Crippen MR) is 212 cm³/mol. The molecule has 1 aromatic heterocycles. The van der Waals surface area contributed by atoms with E-state index in [0.717, 1.165) is 58.0 Å². The molecule has 10 rings (SSSR count). The molecule has 7 atom stereocenters. The summed E-state index contributed by atoms with van der Waals surface area (Å²) in [6.07, 6.45) is 4.96. The second-order valence-corrected chi connectivity index (χ2v) is 15.7. The molecule has 4 heterocycles. The van der Waals surface area contributed by atoms with E-state index in [0.29, 0.717) is 16.7 Å². The van der Waals surface area contributed by atoms with Crippen LogP contribution in [0.1, 0.15) is 73.7 Å². The number of hydrogen-bond donors (Lipinski definition) is 4. The van der Waals surface area contributed by atoms with E-state index in [2.05, 4.69) is 23.1 Å². The highest BCUT2D eigenvalue weighted by Crippen LogP contribution is 2.53. The molecule has 58 heavy (non-hydrogen) atoms. The van der Waals surface area contributed by atoms with Gasteiger partial charge in [0.05, 0.1) is 37.8 Å². The number of methoxy groups -OCH3 is 1. The Labute approximate surface area is 333 Å². The van der Waals surface area contributed by atoms with Crippen molar-refractivity contribution in [1.29, 1.82) is 0 Å². The van der Waals surface area contributed by atoms with E-state index in [-0.39, 0.29) is 78.7 Å². The average Bonchev–Trinajstić information content (AvgIpc) is 3.96. The molecular weight excluding hydrogens is 741 g/mol. The topological polar surface area (TPSA) is 160 Å². The standard InChI is InChI=1S/C46H42N2O10/c1-54-27-17-32-30-15-14-25-8-4-11-29(25)38(30)40-35(49)21-48-20-33-24(7-5-12-31(33)45(48)53)9-6-16-56-44-41(50)37(23-55-22-26-19-47-34-13-3-2-10-28(26)34)58-46(43(44)52)57-36(18-27)39(32)42(40)51/h2-3,5,7,10,12-15,17-19,25,29,37,41,43-44,46-47,50-52H,4,8-9,11,20-23H2,1H3/t25-,29-,37-,41-,43-,44+,46+/m1/s1. The van der Waals surface area contributed by atoms with Crippen molar-refractivity contribution in [3.05, 3.63) is 106 Å². The number of nitrogens with one attached hydrogen (secondary N) is 1. The Kier molecular flexibility index (Phi) is 9.14. The van der Waals surface area contributed by atoms with Crippen LogP contribution in [0.25, 0.3) is 27.8 Å². The minimum Gasteiger partial charge on any atom is -0.506 e. The number of para-hydroxylation sites is 1. The Morgan fingerprint density at radius 3 is 2.78 bits per heavy atom. The molecule has 4 aromatic carbocycles. The average molecular weight is 783 g/mol. The Hall–Kier alpha value is -5.84. The van der Waals surface area contributed by atoms with Crippen molar-refractivity contribution in [1.82, 2.24) is 9.88 Å². The number of aromatic hydroxyl groups is 1. The summed E-state index contributed by atoms with van der Waals surface area (Å²) >= 11 is 0. The molecule has 12 nitrogen and oxygen atoms in total. The van der Waals surface area contributed by atoms with Crippen molar-refractivity contribution in [2.45, 2.75) is 75.5 Å². The first kappa shape index (κ1) is 36.5. The quantitative estimate of drug-likeness (QED) is 0.162. The first-order valence-electron chi connectivity index (χ1n) is 19.8. The molecule has 1 saturated carbocycles. The third kappa shape index (κ3) is 6.00. The highest BCUT2D eigenvalue weighted by Gasteiger charge is 2.48. The maximum absolute atomic E-state index is 14.7. The van der Waals surface area contributed by atoms with Crippen LogP contribution in [0.4, 0.5) is 0 Å². The molecule has 0 spiro atoms. The summed E-state index contributed by atoms with van der Waals surface area (Å²) in [6, 6.07) is 16.6. The third-order valence-corrected chi connectivity index (χ3v) is 12.5. The summed E-state index contributed by atoms with van der Waals surface area (Å²) in [5, 5.41) is 37.7. The molecule has 296 valence electrons. The van der Waals surface area contributed by atoms with Gasteiger partial charge in [0.1, 0.15) is 35.6 Å². The van der Waals surface area contributed by atoms with Crippen LogP contribution in [-0.4, -0.2) is 87.9 Å². The van der Waals surface area contributed by atoms with Crippen molar-refractivity contribution in [3.63, 3.8) is 0 Å². The van der Waals surface area contributed by atoms with Gasteiger partial charge in [0, 0.05) is 52.6 Å². The van der Waals surface area contributed by atoms with Crippen LogP contribution >= 0.6 is 0 Å². The van der Waals surface area contributed by atoms with Crippen LogP contribution < -0.4 is 9.47 Å². The number of H-pyrrole nitrogens is 1. The van der Waals surface area contributed by atoms with E-state index in [9.17, 15) is 24.9 Å². The van der Waals surface area contributed by atoms with Crippen molar-refractivity contribution < 1.29 is 48.6 Å². The first-order valence-corrected chi connectivity index (χ1v) is 19.8. The molecule has 2 fully saturated rings. The number of aliphatic hydroxyl groups is 2. The van der Waals surface area contributed by atoms with Gasteiger partial charge >= 0.3 is 0 Å². The highest BCUT2D eigenvalue weighted by molar-refractivity contribution is 6.13. The Balaban J connectivity index is 1.09. The number of hydrogen-bond acceptors (Lipinski definition) is 10. The molecule has 0 unspecified atom stereocenters. The van der Waals surface area contributed by atoms with Crippen LogP contribution in [0.2, 0.25) is 0 Å². The number of carbonyl (C=O) groups is 2. The van der Waals surface area contributed by atoms with Crippen LogP contribution in [0, 0.1) is 17.9 Å². The summed E-state index contributed by atoms with van der Waals surface area (Å²) in [4.78, 5) is 33.3. The number of carbonyl (C=O) groups excluding carboxylic acids is 2. The number of fused-ring (bicyclic) bond motifs is 10. The fraction of sp³-hybridized carbons (Fsp3) is 0.348. The van der Waals surface area contributed by atoms with Crippen LogP contribution in [0.5, 0.6) is 17.2 Å². The van der Waals surface area contributed by atoms with Gasteiger partial charge in [-0.1, -0.05) is 54.8 Å². The second-order valence-electron chi connectivity index (χ2n) is 15.7. The number of phenolic OH excluding ortho intramolecular Hbond substituents is 1. The van der Waals surface area contributed by atoms with Gasteiger partial charge < -0.3 is 48.9 Å². The van der Waals surface area contributed by atoms with Crippen molar-refractivity contribution in [2.24, 2.45) is 5.92 Å². The first-order chi connectivity index (χ1) is 28.3. The van der Waals surface area contributed by atoms with Gasteiger partial charge in [-0.3, -0.25) is 9.59 Å². The molecule has 2 aliphatic carbocycles. The van der Waals surface area contributed by atoms with E-state index in [1.54, 1.807) is 24.3 Å². The Bertz CT molecular complexity index is 2580. The van der Waals surface area contributed by atoms with Crippen LogP contribution in [0.3, 0.4) is 0 Å². The number of ether oxygens (including phenoxy) is 5. The van der Waals surface area contributed by atoms with Crippen molar-refractivity contribution in [3.8, 4) is 29.3 Å². The summed E-state index contributed by atoms with van der Waals surface area (Å²) in [5.74, 6) is 2.72. The van der Waals surface area contributed by atoms with Crippen LogP contribution in [0.15, 0.2) is 66.9 Å². The molecular formula is C46H42N2O10. The number of nitrogens with zero attached hydrogens (tertiary/aromatic N) is 1. The monoisotopic (exact) mass is 782 g/mol. The van der Waals surface area contributed by atoms with Gasteiger partial charge in [-0.2, -0.15) is 0 Å². The molecule has 0 radical (unpaired) electrons. The maximum atomic E-state index is 14.7. The van der Waals surface area contributed by atoms with Gasteiger partial charge in [0.2, 0.25) is 6.29 Å². The Morgan fingerprint density at radius 2 is 1.90 bits per heavy atom. The summed E-state index contributed by atoms with van der Waals surface area (Å²) < 4.78 is 30.6. The number of aromatic amines is 1. The van der Waals surface area contributed by atoms with E-state index in [1.165, 1.54) is 12.0 Å². The van der Waals surface area contributed by atoms with Crippen molar-refractivity contribution >= 4 is 39.4 Å². The Morgan fingerprint density at radius 1 is 1.02 bits per heavy atom. The predicted octanol–water partition coefficient (Wildman–Crippen LogP) is 5.73. The van der Waals surface area contributed by atoms with Gasteiger partial charge in [-0.05, 0) is 65.1 Å². The number of aliphatic hydroxyl groups excluding tert-OH is 2. The zero-order valence-electron chi connectivity index (χ0n) is 31.8. The molecule has 5 aromatic rings. The number of Topliss-reactive ketones (excluding diaryl/α,β-unsaturated/α-hetero) is 1. The van der Waals surface area contributed by atoms with E-state index >= 15 is 0 Å². The summed E-state index contributed by atoms with van der Waals surface area (Å²) in [5.41, 5.74) is 5.60. The largest absolute Gasteiger partial charge is 0.506 e. The molecule has 4 N–H and O–H groups in total. The fourth-order valence-electron chi connectivity index (χ4n) is 9.61. The van der Waals surface area contributed by atoms with Crippen molar-refractivity contribution in [2.75, 3.05) is 20.3 Å². The smallest absolute Gasteiger partial charge is 0.254 e. The van der Waals surface area contributed by atoms with E-state index < -0.39 is 30.7 Å². The maximum Gasteiger partial charge on any atom is 0.254 e. The number of phenols is 1. The number of ketones is 1. The summed E-state index contributed by atoms with van der Waals surface area (Å²) in [6.45, 7) is 0.0742. The fourth-order valence-corrected chi connectivity index (χ4v) is 9.61. The molecule has 5 aliphatic rings. The highest BCUT2D eigenvalue weighted by atomic mass is 16.7. The lowest BCUT2D eigenvalue weighted by Gasteiger charge is -2.41. The molecule has 1 saturated heterocycles. The lowest BCUT2D eigenvalue weighted by Crippen LogP contribution is -2.60. The number of benzene rings is 4. The number of allylic oxidation sites excluding steroid dienone is 1. The lowest BCUT2D eigenvalue weighted by atomic mass is 9.76. The normalized spacial score (nSPS) is 26.1. The number of rotatable bonds is 5. The SMILES string of the molecule is COc1cc2c3c(O)c(c4c(c3c1)C=C[C@H]1CCC[C@@H]41)C(=O)CN1Cc3c(cccc3C1=O)CC#CO[C@@H]1[C@@H](O)[C@@H](O2)O[C@H](COCc2c[nH]c3ccccc23)[C@H]1O. The van der Waals surface area contributed by atoms with E-state index in [1.807, 2.05) is 42.6 Å². The van der Waals surface area contributed by atoms with Gasteiger partial charge in [-0.25, -0.2) is 0 Å². The molecule has 6 bridgehead atoms. The van der Waals surface area contributed by atoms with Gasteiger partial charge in [-0.15, -0.1) is 0 Å². The molecule has 3 aliphatic heterocycles. The van der Waals surface area contributed by atoms with E-state index in [4.69, 9.17) is 23.7 Å². The van der Waals surface area contributed by atoms with Gasteiger partial charge in [0.15, 0.2) is 18.0 Å². The third-order valence-electron chi connectivity index (χ3n) is 12.5. The summed E-state index contributed by atoms with van der Waals surface area (Å²) in [7, 11) is 1.52. The zero-order valence-corrected chi connectivity index (χ0v) is 31.8. The van der Waals surface area contributed by atoms with Crippen LogP contribution in [-0.2, 0) is 33.8 Å². The number of amides is 1. The minimum absolute atomic E-state index is 0.00718. The van der Waals surface area contributed by atoms with Gasteiger partial charge in [0.25, 0.3) is 5.91 Å². The second kappa shape index (κ2) is 14.5. The molecule has 12 heteroatoms.